The minimum absolute atomic E-state index is 0.596. The van der Waals surface area contributed by atoms with Gasteiger partial charge < -0.3 is 4.74 Å². The van der Waals surface area contributed by atoms with E-state index in [9.17, 15) is 0 Å². The zero-order chi connectivity index (χ0) is 12.8. The van der Waals surface area contributed by atoms with Gasteiger partial charge in [0.15, 0.2) is 0 Å². The van der Waals surface area contributed by atoms with Crippen molar-refractivity contribution in [2.75, 3.05) is 12.5 Å². The fourth-order valence-corrected chi connectivity index (χ4v) is 1.74. The van der Waals surface area contributed by atoms with Crippen molar-refractivity contribution in [2.24, 2.45) is 0 Å². The predicted molar refractivity (Wildman–Crippen MR) is 73.4 cm³/mol. The molecule has 2 rings (SSSR count). The molecule has 0 amide bonds. The van der Waals surface area contributed by atoms with Crippen molar-refractivity contribution >= 4 is 5.69 Å². The Labute approximate surface area is 108 Å². The molecule has 0 aromatic heterocycles. The van der Waals surface area contributed by atoms with Gasteiger partial charge in [-0.1, -0.05) is 36.4 Å². The average Bonchev–Trinajstić information content (AvgIpc) is 2.41. The van der Waals surface area contributed by atoms with Gasteiger partial charge in [0.1, 0.15) is 12.4 Å². The van der Waals surface area contributed by atoms with Gasteiger partial charge in [0.2, 0.25) is 0 Å². The molecule has 3 nitrogen and oxygen atoms in total. The molecule has 0 aliphatic carbocycles. The van der Waals surface area contributed by atoms with E-state index in [-0.39, 0.29) is 0 Å². The van der Waals surface area contributed by atoms with Crippen LogP contribution in [0.2, 0.25) is 0 Å². The van der Waals surface area contributed by atoms with E-state index >= 15 is 0 Å². The van der Waals surface area contributed by atoms with E-state index in [0.717, 1.165) is 11.4 Å². The second-order valence-electron chi connectivity index (χ2n) is 4.18. The smallest absolute Gasteiger partial charge is 0.122 e. The Balaban J connectivity index is 2.03. The highest BCUT2D eigenvalue weighted by molar-refractivity contribution is 5.52. The van der Waals surface area contributed by atoms with Crippen LogP contribution in [-0.4, -0.2) is 7.05 Å². The van der Waals surface area contributed by atoms with Gasteiger partial charge in [0.05, 0.1) is 12.7 Å². The first-order valence-corrected chi connectivity index (χ1v) is 6.11. The highest BCUT2D eigenvalue weighted by atomic mass is 16.5. The third-order valence-corrected chi connectivity index (χ3v) is 2.76. The number of benzene rings is 2. The topological polar surface area (TPSA) is 37.9 Å². The Morgan fingerprint density at radius 2 is 1.89 bits per heavy atom. The molecule has 0 unspecified atom stereocenters. The molecule has 2 aromatic rings. The van der Waals surface area contributed by atoms with E-state index in [2.05, 4.69) is 30.5 Å². The molecule has 0 atom stereocenters. The number of hydrogen-bond acceptors (Lipinski definition) is 2. The Morgan fingerprint density at radius 1 is 1.11 bits per heavy atom. The lowest BCUT2D eigenvalue weighted by Crippen LogP contribution is -2.84. The van der Waals surface area contributed by atoms with Gasteiger partial charge in [0.25, 0.3) is 0 Å². The molecule has 94 valence electrons. The molecular formula is C15H19N2O+. The number of ether oxygens (including phenoxy) is 1. The summed E-state index contributed by atoms with van der Waals surface area (Å²) in [5, 5.41) is 0. The molecule has 0 saturated heterocycles. The first kappa shape index (κ1) is 12.5. The number of nitrogens with two attached hydrogens (primary N) is 1. The van der Waals surface area contributed by atoms with E-state index in [0.29, 0.717) is 6.61 Å². The van der Waals surface area contributed by atoms with Crippen molar-refractivity contribution in [3.63, 3.8) is 0 Å². The van der Waals surface area contributed by atoms with Crippen molar-refractivity contribution in [2.45, 2.75) is 13.5 Å². The van der Waals surface area contributed by atoms with Gasteiger partial charge in [-0.3, -0.25) is 0 Å². The van der Waals surface area contributed by atoms with E-state index in [4.69, 9.17) is 4.74 Å². The molecular weight excluding hydrogens is 224 g/mol. The molecule has 0 fully saturated rings. The summed E-state index contributed by atoms with van der Waals surface area (Å²) in [4.78, 5) is 0. The summed E-state index contributed by atoms with van der Waals surface area (Å²) in [6.07, 6.45) is 0. The number of rotatable bonds is 5. The van der Waals surface area contributed by atoms with E-state index in [1.807, 2.05) is 42.8 Å². The summed E-state index contributed by atoms with van der Waals surface area (Å²) in [6.45, 7) is 2.67. The molecule has 0 heterocycles. The summed E-state index contributed by atoms with van der Waals surface area (Å²) in [5.74, 6) is 0.883. The quantitative estimate of drug-likeness (QED) is 0.623. The van der Waals surface area contributed by atoms with Gasteiger partial charge in [0, 0.05) is 6.07 Å². The Bertz CT molecular complexity index is 497. The van der Waals surface area contributed by atoms with Gasteiger partial charge in [-0.25, -0.2) is 10.9 Å². The predicted octanol–water partition coefficient (Wildman–Crippen LogP) is 2.09. The van der Waals surface area contributed by atoms with Crippen LogP contribution in [-0.2, 0) is 6.61 Å². The van der Waals surface area contributed by atoms with Crippen LogP contribution in [0, 0.1) is 6.92 Å². The largest absolute Gasteiger partial charge is 0.489 e. The van der Waals surface area contributed by atoms with Crippen molar-refractivity contribution in [1.82, 2.24) is 0 Å². The Kier molecular flexibility index (Phi) is 4.20. The molecule has 3 heteroatoms. The van der Waals surface area contributed by atoms with Gasteiger partial charge in [-0.2, -0.15) is 0 Å². The fraction of sp³-hybridized carbons (Fsp3) is 0.200. The monoisotopic (exact) mass is 243 g/mol. The van der Waals surface area contributed by atoms with Crippen LogP contribution in [0.15, 0.2) is 48.5 Å². The third kappa shape index (κ3) is 3.25. The second-order valence-corrected chi connectivity index (χ2v) is 4.18. The van der Waals surface area contributed by atoms with Crippen molar-refractivity contribution < 1.29 is 10.2 Å². The second kappa shape index (κ2) is 6.07. The lowest BCUT2D eigenvalue weighted by Gasteiger charge is -2.10. The average molecular weight is 243 g/mol. The highest BCUT2D eigenvalue weighted by Gasteiger charge is 2.02. The maximum atomic E-state index is 5.78. The van der Waals surface area contributed by atoms with Crippen LogP contribution < -0.4 is 15.6 Å². The van der Waals surface area contributed by atoms with E-state index in [1.165, 1.54) is 11.1 Å². The molecule has 0 spiro atoms. The SMILES string of the molecule is C[NH2+]Nc1cc(OCc2ccccc2)ccc1C. The number of nitrogen functional groups attached to an aromatic ring is 1. The lowest BCUT2D eigenvalue weighted by atomic mass is 10.2. The number of nitrogens with one attached hydrogen (secondary N) is 1. The standard InChI is InChI=1S/C15H18N2O/c1-12-8-9-14(10-15(12)17-16-2)18-11-13-6-4-3-5-7-13/h3-10,16-17H,11H2,1-2H3/p+1. The van der Waals surface area contributed by atoms with Crippen molar-refractivity contribution in [3.05, 3.63) is 59.7 Å². The lowest BCUT2D eigenvalue weighted by molar-refractivity contribution is -0.596. The molecule has 2 aromatic carbocycles. The maximum Gasteiger partial charge on any atom is 0.122 e. The summed E-state index contributed by atoms with van der Waals surface area (Å²) in [7, 11) is 1.97. The number of quaternary nitrogens is 1. The Morgan fingerprint density at radius 3 is 2.61 bits per heavy atom. The maximum absolute atomic E-state index is 5.78. The third-order valence-electron chi connectivity index (χ3n) is 2.76. The Hall–Kier alpha value is -2.00. The fourth-order valence-electron chi connectivity index (χ4n) is 1.74. The van der Waals surface area contributed by atoms with E-state index in [1.54, 1.807) is 0 Å². The van der Waals surface area contributed by atoms with Crippen LogP contribution in [0.1, 0.15) is 11.1 Å². The zero-order valence-corrected chi connectivity index (χ0v) is 10.8. The van der Waals surface area contributed by atoms with Crippen LogP contribution in [0.5, 0.6) is 5.75 Å². The molecule has 18 heavy (non-hydrogen) atoms. The molecule has 0 aliphatic rings. The normalized spacial score (nSPS) is 10.1. The minimum atomic E-state index is 0.596. The summed E-state index contributed by atoms with van der Waals surface area (Å²) < 4.78 is 5.78. The van der Waals surface area contributed by atoms with E-state index < -0.39 is 0 Å². The minimum Gasteiger partial charge on any atom is -0.489 e. The zero-order valence-electron chi connectivity index (χ0n) is 10.8. The van der Waals surface area contributed by atoms with Crippen LogP contribution in [0.25, 0.3) is 0 Å². The number of anilines is 1. The van der Waals surface area contributed by atoms with Crippen LogP contribution in [0.4, 0.5) is 5.69 Å². The van der Waals surface area contributed by atoms with Crippen molar-refractivity contribution in [1.29, 1.82) is 0 Å². The van der Waals surface area contributed by atoms with Crippen LogP contribution >= 0.6 is 0 Å². The molecule has 0 saturated carbocycles. The highest BCUT2D eigenvalue weighted by Crippen LogP contribution is 2.21. The van der Waals surface area contributed by atoms with Crippen molar-refractivity contribution in [3.8, 4) is 5.75 Å². The molecule has 0 bridgehead atoms. The first-order chi connectivity index (χ1) is 8.79. The summed E-state index contributed by atoms with van der Waals surface area (Å²) in [5.41, 5.74) is 8.60. The molecule has 0 aliphatic heterocycles. The van der Waals surface area contributed by atoms with Gasteiger partial charge in [-0.15, -0.1) is 0 Å². The van der Waals surface area contributed by atoms with Gasteiger partial charge in [-0.05, 0) is 24.1 Å². The molecule has 3 N–H and O–H groups in total. The summed E-state index contributed by atoms with van der Waals surface area (Å²) >= 11 is 0. The van der Waals surface area contributed by atoms with Crippen LogP contribution in [0.3, 0.4) is 0 Å². The number of aryl methyl sites for hydroxylation is 1. The summed E-state index contributed by atoms with van der Waals surface area (Å²) in [6, 6.07) is 16.3. The van der Waals surface area contributed by atoms with Gasteiger partial charge >= 0.3 is 0 Å². The molecule has 0 radical (unpaired) electrons. The number of hydrogen-bond donors (Lipinski definition) is 2. The first-order valence-electron chi connectivity index (χ1n) is 6.11.